The molecule has 0 aliphatic rings. The molecule has 214 valence electrons. The van der Waals surface area contributed by atoms with Crippen molar-refractivity contribution in [2.24, 2.45) is 0 Å². The van der Waals surface area contributed by atoms with Crippen molar-refractivity contribution in [1.29, 1.82) is 0 Å². The molecule has 4 aromatic rings. The monoisotopic (exact) mass is 677 g/mol. The van der Waals surface area contributed by atoms with Gasteiger partial charge in [-0.3, -0.25) is 13.8 Å². The number of amides is 1. The van der Waals surface area contributed by atoms with Crippen molar-refractivity contribution in [3.8, 4) is 5.75 Å². The van der Waals surface area contributed by atoms with E-state index in [0.717, 1.165) is 9.87 Å². The molecular weight excluding hydrogens is 654 g/mol. The summed E-state index contributed by atoms with van der Waals surface area (Å²) in [7, 11) is -6.60. The summed E-state index contributed by atoms with van der Waals surface area (Å²) in [6, 6.07) is 22.7. The zero-order valence-corrected chi connectivity index (χ0v) is 25.8. The number of hydrogen-bond acceptors (Lipinski definition) is 6. The van der Waals surface area contributed by atoms with Gasteiger partial charge in [-0.15, -0.1) is 0 Å². The van der Waals surface area contributed by atoms with Crippen molar-refractivity contribution >= 4 is 70.5 Å². The van der Waals surface area contributed by atoms with E-state index in [0.29, 0.717) is 26.6 Å². The summed E-state index contributed by atoms with van der Waals surface area (Å²) in [6.45, 7) is 1.33. The maximum atomic E-state index is 13.7. The number of halogens is 2. The number of nitrogens with one attached hydrogen (secondary N) is 2. The SMILES string of the molecule is COc1ccc(S(=O)(=O)N(CC(=O)Nc2ccc(S(=O)(=O)Nc3ccc(Cl)cc3)cc2)c2ccc(C)cc2)cc1Br. The first-order valence-corrected chi connectivity index (χ1v) is 16.1. The molecule has 0 aliphatic carbocycles. The number of sulfonamides is 2. The van der Waals surface area contributed by atoms with Crippen LogP contribution >= 0.6 is 27.5 Å². The Bertz CT molecular complexity index is 1770. The highest BCUT2D eigenvalue weighted by Gasteiger charge is 2.28. The Labute approximate surface area is 252 Å². The summed E-state index contributed by atoms with van der Waals surface area (Å²) in [5, 5.41) is 3.11. The standard InChI is InChI=1S/C28H25BrClN3O6S2/c1-19-3-11-23(12-4-19)33(41(37,38)25-15-16-27(39-2)26(29)17-25)18-28(34)31-21-9-13-24(14-10-21)40(35,36)32-22-7-5-20(30)6-8-22/h3-17,32H,18H2,1-2H3,(H,31,34). The van der Waals surface area contributed by atoms with Gasteiger partial charge in [-0.05, 0) is 102 Å². The molecule has 0 unspecified atom stereocenters. The summed E-state index contributed by atoms with van der Waals surface area (Å²) < 4.78 is 61.9. The largest absolute Gasteiger partial charge is 0.496 e. The van der Waals surface area contributed by atoms with E-state index in [2.05, 4.69) is 26.0 Å². The average molecular weight is 679 g/mol. The fourth-order valence-corrected chi connectivity index (χ4v) is 7.07. The molecule has 13 heteroatoms. The van der Waals surface area contributed by atoms with Gasteiger partial charge in [-0.25, -0.2) is 16.8 Å². The number of benzene rings is 4. The molecule has 4 aromatic carbocycles. The molecule has 2 N–H and O–H groups in total. The molecule has 9 nitrogen and oxygen atoms in total. The predicted molar refractivity (Wildman–Crippen MR) is 164 cm³/mol. The van der Waals surface area contributed by atoms with E-state index < -0.39 is 32.5 Å². The number of anilines is 3. The Morgan fingerprint density at radius 1 is 0.854 bits per heavy atom. The van der Waals surface area contributed by atoms with Crippen molar-refractivity contribution in [2.75, 3.05) is 28.0 Å². The van der Waals surface area contributed by atoms with Gasteiger partial charge in [0.05, 0.1) is 27.1 Å². The maximum absolute atomic E-state index is 13.7. The van der Waals surface area contributed by atoms with Crippen LogP contribution in [0.15, 0.2) is 105 Å². The van der Waals surface area contributed by atoms with Gasteiger partial charge in [0, 0.05) is 16.4 Å². The first-order valence-electron chi connectivity index (χ1n) is 12.0. The van der Waals surface area contributed by atoms with Gasteiger partial charge < -0.3 is 10.1 Å². The first kappa shape index (κ1) is 30.4. The van der Waals surface area contributed by atoms with Crippen LogP contribution in [0.4, 0.5) is 17.1 Å². The molecule has 0 aliphatic heterocycles. The zero-order valence-electron chi connectivity index (χ0n) is 21.8. The topological polar surface area (TPSA) is 122 Å². The van der Waals surface area contributed by atoms with Gasteiger partial charge in [0.15, 0.2) is 0 Å². The third-order valence-corrected chi connectivity index (χ3v) is 9.90. The number of nitrogens with zero attached hydrogens (tertiary/aromatic N) is 1. The second-order valence-electron chi connectivity index (χ2n) is 8.83. The molecule has 41 heavy (non-hydrogen) atoms. The normalized spacial score (nSPS) is 11.5. The zero-order chi connectivity index (χ0) is 29.8. The summed E-state index contributed by atoms with van der Waals surface area (Å²) in [5.41, 5.74) is 1.85. The van der Waals surface area contributed by atoms with E-state index in [1.54, 1.807) is 36.4 Å². The lowest BCUT2D eigenvalue weighted by Crippen LogP contribution is -2.38. The van der Waals surface area contributed by atoms with Crippen LogP contribution in [0.2, 0.25) is 5.02 Å². The number of methoxy groups -OCH3 is 1. The summed E-state index contributed by atoms with van der Waals surface area (Å²) in [4.78, 5) is 13.0. The van der Waals surface area contributed by atoms with Gasteiger partial charge >= 0.3 is 0 Å². The van der Waals surface area contributed by atoms with Crippen LogP contribution in [-0.2, 0) is 24.8 Å². The number of rotatable bonds is 10. The molecule has 0 heterocycles. The van der Waals surface area contributed by atoms with Gasteiger partial charge in [0.2, 0.25) is 5.91 Å². The smallest absolute Gasteiger partial charge is 0.264 e. The molecule has 0 atom stereocenters. The van der Waals surface area contributed by atoms with Crippen LogP contribution in [-0.4, -0.2) is 36.4 Å². The summed E-state index contributed by atoms with van der Waals surface area (Å²) >= 11 is 9.16. The van der Waals surface area contributed by atoms with Crippen molar-refractivity contribution in [3.63, 3.8) is 0 Å². The van der Waals surface area contributed by atoms with E-state index >= 15 is 0 Å². The summed E-state index contributed by atoms with van der Waals surface area (Å²) in [5.74, 6) is -0.172. The molecular formula is C28H25BrClN3O6S2. The number of ether oxygens (including phenoxy) is 1. The number of hydrogen-bond donors (Lipinski definition) is 2. The molecule has 0 bridgehead atoms. The Balaban J connectivity index is 1.54. The van der Waals surface area contributed by atoms with Crippen molar-refractivity contribution in [1.82, 2.24) is 0 Å². The summed E-state index contributed by atoms with van der Waals surface area (Å²) in [6.07, 6.45) is 0. The lowest BCUT2D eigenvalue weighted by molar-refractivity contribution is -0.114. The highest BCUT2D eigenvalue weighted by Crippen LogP contribution is 2.31. The highest BCUT2D eigenvalue weighted by molar-refractivity contribution is 9.10. The Hall–Kier alpha value is -3.58. The van der Waals surface area contributed by atoms with Gasteiger partial charge in [0.25, 0.3) is 20.0 Å². The van der Waals surface area contributed by atoms with Gasteiger partial charge in [0.1, 0.15) is 12.3 Å². The first-order chi connectivity index (χ1) is 19.4. The number of carbonyl (C=O) groups is 1. The predicted octanol–water partition coefficient (Wildman–Crippen LogP) is 6.05. The molecule has 0 aromatic heterocycles. The average Bonchev–Trinajstić information content (AvgIpc) is 2.93. The molecule has 0 radical (unpaired) electrons. The molecule has 0 spiro atoms. The van der Waals surface area contributed by atoms with E-state index in [1.807, 2.05) is 6.92 Å². The van der Waals surface area contributed by atoms with Crippen LogP contribution in [0, 0.1) is 6.92 Å². The molecule has 4 rings (SSSR count). The lowest BCUT2D eigenvalue weighted by atomic mass is 10.2. The van der Waals surface area contributed by atoms with Gasteiger partial charge in [-0.1, -0.05) is 29.3 Å². The quantitative estimate of drug-likeness (QED) is 0.211. The Kier molecular flexibility index (Phi) is 9.27. The van der Waals surface area contributed by atoms with E-state index in [4.69, 9.17) is 16.3 Å². The third kappa shape index (κ3) is 7.39. The van der Waals surface area contributed by atoms with Crippen molar-refractivity contribution < 1.29 is 26.4 Å². The fraction of sp³-hybridized carbons (Fsp3) is 0.107. The number of aryl methyl sites for hydroxylation is 1. The Morgan fingerprint density at radius 3 is 2.02 bits per heavy atom. The molecule has 0 saturated heterocycles. The molecule has 0 fully saturated rings. The second-order valence-corrected chi connectivity index (χ2v) is 13.7. The van der Waals surface area contributed by atoms with E-state index in [1.165, 1.54) is 61.7 Å². The highest BCUT2D eigenvalue weighted by atomic mass is 79.9. The minimum absolute atomic E-state index is 0.0283. The van der Waals surface area contributed by atoms with Crippen LogP contribution in [0.1, 0.15) is 5.56 Å². The van der Waals surface area contributed by atoms with Crippen LogP contribution in [0.5, 0.6) is 5.75 Å². The molecule has 1 amide bonds. The lowest BCUT2D eigenvalue weighted by Gasteiger charge is -2.24. The third-order valence-electron chi connectivity index (χ3n) is 5.87. The van der Waals surface area contributed by atoms with Crippen molar-refractivity contribution in [3.05, 3.63) is 106 Å². The van der Waals surface area contributed by atoms with E-state index in [9.17, 15) is 21.6 Å². The van der Waals surface area contributed by atoms with Crippen LogP contribution < -0.4 is 19.1 Å². The van der Waals surface area contributed by atoms with Crippen LogP contribution in [0.25, 0.3) is 0 Å². The van der Waals surface area contributed by atoms with Crippen molar-refractivity contribution in [2.45, 2.75) is 16.7 Å². The Morgan fingerprint density at radius 2 is 1.44 bits per heavy atom. The minimum Gasteiger partial charge on any atom is -0.496 e. The second kappa shape index (κ2) is 12.5. The maximum Gasteiger partial charge on any atom is 0.264 e. The van der Waals surface area contributed by atoms with Gasteiger partial charge in [-0.2, -0.15) is 0 Å². The minimum atomic E-state index is -4.17. The van der Waals surface area contributed by atoms with E-state index in [-0.39, 0.29) is 15.5 Å². The molecule has 0 saturated carbocycles. The number of carbonyl (C=O) groups excluding carboxylic acids is 1. The fourth-order valence-electron chi connectivity index (χ4n) is 3.74. The van der Waals surface area contributed by atoms with Crippen LogP contribution in [0.3, 0.4) is 0 Å².